The first-order valence-corrected chi connectivity index (χ1v) is 11.5. The topological polar surface area (TPSA) is 59.6 Å². The van der Waals surface area contributed by atoms with E-state index in [2.05, 4.69) is 26.6 Å². The maximum Gasteiger partial charge on any atom is 0.262 e. The zero-order valence-corrected chi connectivity index (χ0v) is 20.8. The molecule has 0 bridgehead atoms. The first-order valence-electron chi connectivity index (χ1n) is 9.99. The first-order chi connectivity index (χ1) is 15.4. The molecule has 0 aliphatic heterocycles. The van der Waals surface area contributed by atoms with Crippen LogP contribution in [0.3, 0.4) is 0 Å². The number of carbonyl (C=O) groups excluding carboxylic acids is 1. The summed E-state index contributed by atoms with van der Waals surface area (Å²) in [7, 11) is 0. The standard InChI is InChI=1S/C24H23BrCl2N2O3/c1-3-31-22-11-16(13-28-21-8-7-17(26)12-20(21)27)10-19(25)24(22)32-14-23(30)29-18-6-4-5-15(2)9-18/h4-12,28H,3,13-14H2,1-2H3,(H,29,30). The zero-order chi connectivity index (χ0) is 23.1. The number of hydrogen-bond acceptors (Lipinski definition) is 4. The summed E-state index contributed by atoms with van der Waals surface area (Å²) >= 11 is 15.7. The summed E-state index contributed by atoms with van der Waals surface area (Å²) in [5, 5.41) is 7.23. The molecule has 3 aromatic carbocycles. The monoisotopic (exact) mass is 536 g/mol. The minimum atomic E-state index is -0.256. The fraction of sp³-hybridized carbons (Fsp3) is 0.208. The summed E-state index contributed by atoms with van der Waals surface area (Å²) < 4.78 is 12.2. The molecule has 8 heteroatoms. The van der Waals surface area contributed by atoms with Crippen LogP contribution in [-0.2, 0) is 11.3 Å². The van der Waals surface area contributed by atoms with Gasteiger partial charge < -0.3 is 20.1 Å². The number of ether oxygens (including phenoxy) is 2. The van der Waals surface area contributed by atoms with Crippen molar-refractivity contribution < 1.29 is 14.3 Å². The van der Waals surface area contributed by atoms with Crippen molar-refractivity contribution in [1.29, 1.82) is 0 Å². The molecule has 0 spiro atoms. The normalized spacial score (nSPS) is 10.5. The van der Waals surface area contributed by atoms with Crippen molar-refractivity contribution in [3.8, 4) is 11.5 Å². The van der Waals surface area contributed by atoms with Gasteiger partial charge in [-0.05, 0) is 83.4 Å². The lowest BCUT2D eigenvalue weighted by molar-refractivity contribution is -0.118. The van der Waals surface area contributed by atoms with Crippen LogP contribution in [0.5, 0.6) is 11.5 Å². The van der Waals surface area contributed by atoms with E-state index < -0.39 is 0 Å². The van der Waals surface area contributed by atoms with E-state index in [1.807, 2.05) is 56.3 Å². The van der Waals surface area contributed by atoms with Crippen LogP contribution in [0.15, 0.2) is 59.1 Å². The lowest BCUT2D eigenvalue weighted by Gasteiger charge is -2.16. The summed E-state index contributed by atoms with van der Waals surface area (Å²) in [5.74, 6) is 0.761. The highest BCUT2D eigenvalue weighted by atomic mass is 79.9. The van der Waals surface area contributed by atoms with Crippen LogP contribution in [0.4, 0.5) is 11.4 Å². The third kappa shape index (κ3) is 6.79. The van der Waals surface area contributed by atoms with Crippen LogP contribution in [0.1, 0.15) is 18.1 Å². The highest BCUT2D eigenvalue weighted by Gasteiger charge is 2.15. The van der Waals surface area contributed by atoms with Gasteiger partial charge in [-0.3, -0.25) is 4.79 Å². The molecular weight excluding hydrogens is 515 g/mol. The molecule has 0 aliphatic carbocycles. The lowest BCUT2D eigenvalue weighted by atomic mass is 10.2. The van der Waals surface area contributed by atoms with E-state index >= 15 is 0 Å². The summed E-state index contributed by atoms with van der Waals surface area (Å²) in [6.07, 6.45) is 0. The minimum Gasteiger partial charge on any atom is -0.490 e. The molecule has 0 aliphatic rings. The number of nitrogens with one attached hydrogen (secondary N) is 2. The summed E-state index contributed by atoms with van der Waals surface area (Å²) in [5.41, 5.74) is 3.51. The largest absolute Gasteiger partial charge is 0.490 e. The van der Waals surface area contributed by atoms with Gasteiger partial charge in [-0.1, -0.05) is 35.3 Å². The Labute approximate surface area is 206 Å². The third-order valence-electron chi connectivity index (χ3n) is 4.43. The van der Waals surface area contributed by atoms with Gasteiger partial charge in [0, 0.05) is 17.3 Å². The van der Waals surface area contributed by atoms with Gasteiger partial charge in [0.2, 0.25) is 0 Å². The summed E-state index contributed by atoms with van der Waals surface area (Å²) in [6.45, 7) is 4.67. The molecule has 168 valence electrons. The molecule has 0 fully saturated rings. The smallest absolute Gasteiger partial charge is 0.262 e. The predicted molar refractivity (Wildman–Crippen MR) is 134 cm³/mol. The number of amides is 1. The number of carbonyl (C=O) groups is 1. The Hall–Kier alpha value is -2.41. The SMILES string of the molecule is CCOc1cc(CNc2ccc(Cl)cc2Cl)cc(Br)c1OCC(=O)Nc1cccc(C)c1. The van der Waals surface area contributed by atoms with E-state index in [-0.39, 0.29) is 12.5 Å². The van der Waals surface area contributed by atoms with Crippen molar-refractivity contribution in [2.24, 2.45) is 0 Å². The van der Waals surface area contributed by atoms with Crippen LogP contribution in [0, 0.1) is 6.92 Å². The van der Waals surface area contributed by atoms with Gasteiger partial charge in [-0.15, -0.1) is 0 Å². The fourth-order valence-electron chi connectivity index (χ4n) is 3.01. The van der Waals surface area contributed by atoms with Gasteiger partial charge in [0.05, 0.1) is 21.8 Å². The Kier molecular flexibility index (Phi) is 8.67. The minimum absolute atomic E-state index is 0.148. The molecule has 1 amide bonds. The highest BCUT2D eigenvalue weighted by Crippen LogP contribution is 2.37. The van der Waals surface area contributed by atoms with Gasteiger partial charge in [-0.2, -0.15) is 0 Å². The average molecular weight is 538 g/mol. The van der Waals surface area contributed by atoms with E-state index in [4.69, 9.17) is 32.7 Å². The van der Waals surface area contributed by atoms with Crippen molar-refractivity contribution in [1.82, 2.24) is 0 Å². The van der Waals surface area contributed by atoms with Gasteiger partial charge in [-0.25, -0.2) is 0 Å². The van der Waals surface area contributed by atoms with Crippen LogP contribution >= 0.6 is 39.1 Å². The Bertz CT molecular complexity index is 1110. The van der Waals surface area contributed by atoms with E-state index in [0.29, 0.717) is 39.2 Å². The average Bonchev–Trinajstić information content (AvgIpc) is 2.73. The summed E-state index contributed by atoms with van der Waals surface area (Å²) in [4.78, 5) is 12.3. The number of aryl methyl sites for hydroxylation is 1. The third-order valence-corrected chi connectivity index (χ3v) is 5.57. The van der Waals surface area contributed by atoms with Gasteiger partial charge in [0.25, 0.3) is 5.91 Å². The zero-order valence-electron chi connectivity index (χ0n) is 17.7. The van der Waals surface area contributed by atoms with E-state index in [9.17, 15) is 4.79 Å². The molecule has 5 nitrogen and oxygen atoms in total. The van der Waals surface area contributed by atoms with Crippen molar-refractivity contribution >= 4 is 56.4 Å². The van der Waals surface area contributed by atoms with Gasteiger partial charge >= 0.3 is 0 Å². The van der Waals surface area contributed by atoms with Crippen molar-refractivity contribution in [2.75, 3.05) is 23.8 Å². The van der Waals surface area contributed by atoms with Crippen LogP contribution in [0.2, 0.25) is 10.0 Å². The molecule has 0 saturated carbocycles. The number of rotatable bonds is 9. The maximum atomic E-state index is 12.3. The van der Waals surface area contributed by atoms with Crippen LogP contribution in [0.25, 0.3) is 0 Å². The van der Waals surface area contributed by atoms with Crippen molar-refractivity contribution in [2.45, 2.75) is 20.4 Å². The fourth-order valence-corrected chi connectivity index (χ4v) is 4.09. The number of anilines is 2. The maximum absolute atomic E-state index is 12.3. The van der Waals surface area contributed by atoms with E-state index in [1.165, 1.54) is 0 Å². The summed E-state index contributed by atoms with van der Waals surface area (Å²) in [6, 6.07) is 16.7. The number of halogens is 3. The Morgan fingerprint density at radius 1 is 1.06 bits per heavy atom. The van der Waals surface area contributed by atoms with Crippen LogP contribution in [-0.4, -0.2) is 19.1 Å². The molecule has 2 N–H and O–H groups in total. The quantitative estimate of drug-likeness (QED) is 0.306. The second-order valence-electron chi connectivity index (χ2n) is 7.02. The highest BCUT2D eigenvalue weighted by molar-refractivity contribution is 9.10. The molecule has 32 heavy (non-hydrogen) atoms. The predicted octanol–water partition coefficient (Wildman–Crippen LogP) is 7.09. The molecular formula is C24H23BrCl2N2O3. The Morgan fingerprint density at radius 3 is 2.59 bits per heavy atom. The molecule has 0 unspecified atom stereocenters. The molecule has 0 heterocycles. The second-order valence-corrected chi connectivity index (χ2v) is 8.72. The number of hydrogen-bond donors (Lipinski definition) is 2. The first kappa shape index (κ1) is 24.2. The van der Waals surface area contributed by atoms with Crippen LogP contribution < -0.4 is 20.1 Å². The van der Waals surface area contributed by atoms with Crippen molar-refractivity contribution in [3.05, 3.63) is 80.2 Å². The number of benzene rings is 3. The molecule has 0 atom stereocenters. The van der Waals surface area contributed by atoms with Gasteiger partial charge in [0.1, 0.15) is 0 Å². The van der Waals surface area contributed by atoms with E-state index in [1.54, 1.807) is 12.1 Å². The molecule has 0 radical (unpaired) electrons. The Balaban J connectivity index is 1.68. The molecule has 3 rings (SSSR count). The molecule has 0 aromatic heterocycles. The molecule has 0 saturated heterocycles. The second kappa shape index (κ2) is 11.5. The van der Waals surface area contributed by atoms with Gasteiger partial charge in [0.15, 0.2) is 18.1 Å². The Morgan fingerprint density at radius 2 is 1.88 bits per heavy atom. The van der Waals surface area contributed by atoms with E-state index in [0.717, 1.165) is 22.5 Å². The lowest BCUT2D eigenvalue weighted by Crippen LogP contribution is -2.20. The van der Waals surface area contributed by atoms with Crippen molar-refractivity contribution in [3.63, 3.8) is 0 Å². The molecule has 3 aromatic rings.